The Kier molecular flexibility index (Phi) is 10.5. The van der Waals surface area contributed by atoms with Crippen molar-refractivity contribution in [2.45, 2.75) is 64.9 Å². The molecule has 0 amide bonds. The molecule has 0 rings (SSSR count). The van der Waals surface area contributed by atoms with E-state index in [1.807, 2.05) is 6.08 Å². The number of hydrogen-bond acceptors (Lipinski definition) is 1. The third kappa shape index (κ3) is 11.7. The predicted octanol–water partition coefficient (Wildman–Crippen LogP) is 4.33. The van der Waals surface area contributed by atoms with Crippen LogP contribution in [-0.4, -0.2) is 12.7 Å². The van der Waals surface area contributed by atoms with Crippen LogP contribution in [0.2, 0.25) is 0 Å². The first kappa shape index (κ1) is 13.7. The van der Waals surface area contributed by atoms with E-state index in [0.717, 1.165) is 6.61 Å². The zero-order chi connectivity index (χ0) is 10.6. The van der Waals surface area contributed by atoms with E-state index < -0.39 is 0 Å². The Morgan fingerprint density at radius 2 is 1.57 bits per heavy atom. The second-order valence-corrected chi connectivity index (χ2v) is 4.12. The van der Waals surface area contributed by atoms with Crippen molar-refractivity contribution in [1.29, 1.82) is 0 Å². The molecule has 0 spiro atoms. The lowest BCUT2D eigenvalue weighted by Crippen LogP contribution is -2.03. The third-order valence-electron chi connectivity index (χ3n) is 2.25. The molecule has 0 aliphatic heterocycles. The van der Waals surface area contributed by atoms with Gasteiger partial charge in [-0.05, 0) is 33.1 Å². The second kappa shape index (κ2) is 10.8. The fourth-order valence-electron chi connectivity index (χ4n) is 1.42. The van der Waals surface area contributed by atoms with Gasteiger partial charge in [-0.15, -0.1) is 6.58 Å². The average molecular weight is 198 g/mol. The Hall–Kier alpha value is -0.300. The molecule has 14 heavy (non-hydrogen) atoms. The van der Waals surface area contributed by atoms with Gasteiger partial charge in [0.05, 0.1) is 6.10 Å². The maximum absolute atomic E-state index is 5.47. The summed E-state index contributed by atoms with van der Waals surface area (Å²) in [5, 5.41) is 0. The summed E-state index contributed by atoms with van der Waals surface area (Å²) < 4.78 is 5.47. The fourth-order valence-corrected chi connectivity index (χ4v) is 1.42. The monoisotopic (exact) mass is 198 g/mol. The third-order valence-corrected chi connectivity index (χ3v) is 2.25. The van der Waals surface area contributed by atoms with Gasteiger partial charge >= 0.3 is 0 Å². The molecule has 1 nitrogen and oxygen atoms in total. The molecule has 0 aromatic rings. The summed E-state index contributed by atoms with van der Waals surface area (Å²) >= 11 is 0. The van der Waals surface area contributed by atoms with Crippen LogP contribution in [0.1, 0.15) is 58.8 Å². The van der Waals surface area contributed by atoms with E-state index >= 15 is 0 Å². The van der Waals surface area contributed by atoms with Crippen molar-refractivity contribution in [3.8, 4) is 0 Å². The first-order valence-electron chi connectivity index (χ1n) is 6.00. The Balaban J connectivity index is 2.88. The highest BCUT2D eigenvalue weighted by molar-refractivity contribution is 4.65. The van der Waals surface area contributed by atoms with Crippen LogP contribution in [0, 0.1) is 0 Å². The van der Waals surface area contributed by atoms with Crippen molar-refractivity contribution in [1.82, 2.24) is 0 Å². The molecule has 0 fully saturated rings. The SMILES string of the molecule is C=CCCCCCCCCOC(C)C. The number of unbranched alkanes of at least 4 members (excludes halogenated alkanes) is 6. The lowest BCUT2D eigenvalue weighted by Gasteiger charge is -2.06. The fraction of sp³-hybridized carbons (Fsp3) is 0.846. The summed E-state index contributed by atoms with van der Waals surface area (Å²) in [5.41, 5.74) is 0. The van der Waals surface area contributed by atoms with Gasteiger partial charge in [-0.25, -0.2) is 0 Å². The highest BCUT2D eigenvalue weighted by Gasteiger charge is 1.93. The molecule has 1 heteroatoms. The molecule has 0 saturated carbocycles. The molecule has 0 aliphatic carbocycles. The maximum atomic E-state index is 5.47. The zero-order valence-corrected chi connectivity index (χ0v) is 9.93. The van der Waals surface area contributed by atoms with Crippen molar-refractivity contribution in [2.24, 2.45) is 0 Å². The molecular weight excluding hydrogens is 172 g/mol. The van der Waals surface area contributed by atoms with E-state index in [1.165, 1.54) is 44.9 Å². The van der Waals surface area contributed by atoms with Crippen LogP contribution in [0.3, 0.4) is 0 Å². The Morgan fingerprint density at radius 3 is 2.14 bits per heavy atom. The second-order valence-electron chi connectivity index (χ2n) is 4.12. The maximum Gasteiger partial charge on any atom is 0.0518 e. The molecule has 84 valence electrons. The molecule has 0 aliphatic rings. The van der Waals surface area contributed by atoms with E-state index in [-0.39, 0.29) is 0 Å². The largest absolute Gasteiger partial charge is 0.379 e. The molecule has 0 heterocycles. The first-order valence-corrected chi connectivity index (χ1v) is 6.00. The zero-order valence-electron chi connectivity index (χ0n) is 9.93. The summed E-state index contributed by atoms with van der Waals surface area (Å²) in [7, 11) is 0. The minimum absolute atomic E-state index is 0.391. The van der Waals surface area contributed by atoms with E-state index in [1.54, 1.807) is 0 Å². The van der Waals surface area contributed by atoms with Crippen molar-refractivity contribution < 1.29 is 4.74 Å². The lowest BCUT2D eigenvalue weighted by molar-refractivity contribution is 0.0757. The summed E-state index contributed by atoms with van der Waals surface area (Å²) in [4.78, 5) is 0. The Bertz CT molecular complexity index is 118. The van der Waals surface area contributed by atoms with Crippen LogP contribution in [-0.2, 0) is 4.74 Å². The van der Waals surface area contributed by atoms with Crippen LogP contribution in [0.25, 0.3) is 0 Å². The van der Waals surface area contributed by atoms with Gasteiger partial charge < -0.3 is 4.74 Å². The van der Waals surface area contributed by atoms with Crippen LogP contribution in [0.5, 0.6) is 0 Å². The first-order chi connectivity index (χ1) is 6.77. The van der Waals surface area contributed by atoms with Gasteiger partial charge in [0.2, 0.25) is 0 Å². The summed E-state index contributed by atoms with van der Waals surface area (Å²) in [6, 6.07) is 0. The molecule has 0 bridgehead atoms. The van der Waals surface area contributed by atoms with Crippen LogP contribution in [0.4, 0.5) is 0 Å². The topological polar surface area (TPSA) is 9.23 Å². The Morgan fingerprint density at radius 1 is 1.00 bits per heavy atom. The molecule has 0 radical (unpaired) electrons. The van der Waals surface area contributed by atoms with Gasteiger partial charge in [-0.3, -0.25) is 0 Å². The molecule has 0 saturated heterocycles. The van der Waals surface area contributed by atoms with Gasteiger partial charge in [0.25, 0.3) is 0 Å². The normalized spacial score (nSPS) is 10.8. The minimum atomic E-state index is 0.391. The molecular formula is C13H26O. The van der Waals surface area contributed by atoms with Crippen molar-refractivity contribution >= 4 is 0 Å². The molecule has 0 atom stereocenters. The number of rotatable bonds is 10. The number of ether oxygens (including phenoxy) is 1. The van der Waals surface area contributed by atoms with Crippen LogP contribution in [0.15, 0.2) is 12.7 Å². The van der Waals surface area contributed by atoms with Crippen molar-refractivity contribution in [2.75, 3.05) is 6.61 Å². The van der Waals surface area contributed by atoms with E-state index in [0.29, 0.717) is 6.10 Å². The Labute approximate surface area is 89.5 Å². The molecule has 0 unspecified atom stereocenters. The van der Waals surface area contributed by atoms with Crippen LogP contribution >= 0.6 is 0 Å². The number of allylic oxidation sites excluding steroid dienone is 1. The lowest BCUT2D eigenvalue weighted by atomic mass is 10.1. The molecule has 0 aromatic carbocycles. The van der Waals surface area contributed by atoms with Gasteiger partial charge in [0.1, 0.15) is 0 Å². The average Bonchev–Trinajstić information content (AvgIpc) is 2.15. The van der Waals surface area contributed by atoms with Crippen LogP contribution < -0.4 is 0 Å². The molecule has 0 N–H and O–H groups in total. The molecule has 0 aromatic heterocycles. The van der Waals surface area contributed by atoms with Gasteiger partial charge in [-0.2, -0.15) is 0 Å². The van der Waals surface area contributed by atoms with Crippen molar-refractivity contribution in [3.05, 3.63) is 12.7 Å². The van der Waals surface area contributed by atoms with E-state index in [4.69, 9.17) is 4.74 Å². The van der Waals surface area contributed by atoms with Gasteiger partial charge in [-0.1, -0.05) is 31.8 Å². The summed E-state index contributed by atoms with van der Waals surface area (Å²) in [5.74, 6) is 0. The smallest absolute Gasteiger partial charge is 0.0518 e. The highest BCUT2D eigenvalue weighted by atomic mass is 16.5. The standard InChI is InChI=1S/C13H26O/c1-4-5-6-7-8-9-10-11-12-14-13(2)3/h4,13H,1,5-12H2,2-3H3. The van der Waals surface area contributed by atoms with Gasteiger partial charge in [0.15, 0.2) is 0 Å². The highest BCUT2D eigenvalue weighted by Crippen LogP contribution is 2.07. The quantitative estimate of drug-likeness (QED) is 0.375. The van der Waals surface area contributed by atoms with E-state index in [9.17, 15) is 0 Å². The minimum Gasteiger partial charge on any atom is -0.379 e. The number of hydrogen-bond donors (Lipinski definition) is 0. The predicted molar refractivity (Wildman–Crippen MR) is 63.6 cm³/mol. The summed E-state index contributed by atoms with van der Waals surface area (Å²) in [6.07, 6.45) is 11.5. The van der Waals surface area contributed by atoms with Crippen molar-refractivity contribution in [3.63, 3.8) is 0 Å². The van der Waals surface area contributed by atoms with Gasteiger partial charge in [0, 0.05) is 6.61 Å². The summed E-state index contributed by atoms with van der Waals surface area (Å²) in [6.45, 7) is 8.84. The van der Waals surface area contributed by atoms with E-state index in [2.05, 4.69) is 20.4 Å².